The molecule has 0 aromatic carbocycles. The van der Waals surface area contributed by atoms with Crippen molar-refractivity contribution in [2.75, 3.05) is 47.1 Å². The molecule has 7 unspecified atom stereocenters. The summed E-state index contributed by atoms with van der Waals surface area (Å²) >= 11 is 0. The first-order valence-corrected chi connectivity index (χ1v) is 25.4. The van der Waals surface area contributed by atoms with Crippen molar-refractivity contribution < 1.29 is 14.2 Å². The second-order valence-corrected chi connectivity index (χ2v) is 21.5. The first kappa shape index (κ1) is 49.7. The summed E-state index contributed by atoms with van der Waals surface area (Å²) in [6.07, 6.45) is 43.3. The van der Waals surface area contributed by atoms with Crippen LogP contribution in [0.1, 0.15) is 196 Å². The molecule has 3 saturated carbocycles. The van der Waals surface area contributed by atoms with Crippen molar-refractivity contribution in [1.29, 1.82) is 0 Å². The Bertz CT molecular complexity index is 1190. The largest absolute Gasteiger partial charge is 0.379 e. The predicted molar refractivity (Wildman–Crippen MR) is 250 cm³/mol. The lowest BCUT2D eigenvalue weighted by atomic mass is 9.47. The van der Waals surface area contributed by atoms with Crippen LogP contribution >= 0.6 is 0 Å². The summed E-state index contributed by atoms with van der Waals surface area (Å²) in [5.41, 5.74) is 2.70. The zero-order valence-electron chi connectivity index (χ0n) is 40.1. The number of hydrogen-bond donors (Lipinski definition) is 0. The van der Waals surface area contributed by atoms with E-state index in [-0.39, 0.29) is 6.10 Å². The maximum atomic E-state index is 6.51. The molecule has 3 fully saturated rings. The molecule has 0 radical (unpaired) electrons. The van der Waals surface area contributed by atoms with Gasteiger partial charge in [-0.1, -0.05) is 155 Å². The van der Waals surface area contributed by atoms with Gasteiger partial charge in [-0.05, 0) is 143 Å². The summed E-state index contributed by atoms with van der Waals surface area (Å²) in [5, 5.41) is 0. The van der Waals surface area contributed by atoms with E-state index < -0.39 is 0 Å². The first-order valence-electron chi connectivity index (χ1n) is 25.4. The highest BCUT2D eigenvalue weighted by atomic mass is 16.5. The average Bonchev–Trinajstić information content (AvgIpc) is 3.55. The summed E-state index contributed by atoms with van der Waals surface area (Å²) < 4.78 is 18.9. The molecular weight excluding hydrogens is 711 g/mol. The van der Waals surface area contributed by atoms with Crippen molar-refractivity contribution >= 4 is 0 Å². The van der Waals surface area contributed by atoms with Crippen LogP contribution in [0, 0.1) is 52.3 Å². The van der Waals surface area contributed by atoms with Crippen LogP contribution in [0.2, 0.25) is 0 Å². The van der Waals surface area contributed by atoms with Crippen LogP contribution in [0.4, 0.5) is 0 Å². The third-order valence-corrected chi connectivity index (χ3v) is 16.1. The number of nitrogens with zero attached hydrogens (tertiary/aromatic N) is 1. The van der Waals surface area contributed by atoms with E-state index in [1.54, 1.807) is 5.57 Å². The molecule has 4 heteroatoms. The monoisotopic (exact) mass is 808 g/mol. The van der Waals surface area contributed by atoms with Crippen LogP contribution in [-0.4, -0.2) is 64.2 Å². The van der Waals surface area contributed by atoms with E-state index in [4.69, 9.17) is 14.2 Å². The van der Waals surface area contributed by atoms with Gasteiger partial charge in [0.1, 0.15) is 0 Å². The zero-order valence-corrected chi connectivity index (χ0v) is 40.1. The SMILES string of the molecule is CCCCCC(C)C/C=C\CCCCCCCCOCC(CN(C)C)OC/C=C\CO[C@H]1CC[C@@]2(C)C(=CCC3C4CCC(C(C)CCCC(C)C)[C@@]4(C)CCC32)C1. The summed E-state index contributed by atoms with van der Waals surface area (Å²) in [4.78, 5) is 2.20. The van der Waals surface area contributed by atoms with Crippen LogP contribution in [0.25, 0.3) is 0 Å². The molecule has 0 aromatic heterocycles. The van der Waals surface area contributed by atoms with Crippen molar-refractivity contribution in [1.82, 2.24) is 4.90 Å². The van der Waals surface area contributed by atoms with Crippen molar-refractivity contribution in [3.8, 4) is 0 Å². The topological polar surface area (TPSA) is 30.9 Å². The second-order valence-electron chi connectivity index (χ2n) is 21.5. The highest BCUT2D eigenvalue weighted by molar-refractivity contribution is 5.25. The van der Waals surface area contributed by atoms with E-state index in [2.05, 4.69) is 97.8 Å². The Morgan fingerprint density at radius 3 is 2.33 bits per heavy atom. The molecule has 0 spiro atoms. The summed E-state index contributed by atoms with van der Waals surface area (Å²) in [6, 6.07) is 0. The predicted octanol–water partition coefficient (Wildman–Crippen LogP) is 14.8. The molecule has 0 bridgehead atoms. The van der Waals surface area contributed by atoms with Crippen LogP contribution < -0.4 is 0 Å². The maximum Gasteiger partial charge on any atom is 0.0938 e. The van der Waals surface area contributed by atoms with E-state index in [1.807, 2.05) is 0 Å². The Kier molecular flexibility index (Phi) is 22.7. The number of ether oxygens (including phenoxy) is 3. The molecule has 4 aliphatic rings. The lowest BCUT2D eigenvalue weighted by Gasteiger charge is -2.58. The molecule has 10 atom stereocenters. The van der Waals surface area contributed by atoms with Gasteiger partial charge in [0.05, 0.1) is 32.0 Å². The first-order chi connectivity index (χ1) is 28.0. The van der Waals surface area contributed by atoms with Gasteiger partial charge in [-0.3, -0.25) is 0 Å². The van der Waals surface area contributed by atoms with Crippen molar-refractivity contribution in [3.05, 3.63) is 36.0 Å². The number of fused-ring (bicyclic) bond motifs is 5. The van der Waals surface area contributed by atoms with Crippen LogP contribution in [0.3, 0.4) is 0 Å². The van der Waals surface area contributed by atoms with E-state index in [9.17, 15) is 0 Å². The van der Waals surface area contributed by atoms with Crippen molar-refractivity contribution in [2.24, 2.45) is 52.3 Å². The minimum atomic E-state index is 0.0944. The molecule has 0 N–H and O–H groups in total. The average molecular weight is 808 g/mol. The smallest absolute Gasteiger partial charge is 0.0938 e. The fourth-order valence-corrected chi connectivity index (χ4v) is 12.6. The molecule has 0 aliphatic heterocycles. The highest BCUT2D eigenvalue weighted by Gasteiger charge is 2.59. The van der Waals surface area contributed by atoms with Gasteiger partial charge in [-0.15, -0.1) is 0 Å². The molecule has 336 valence electrons. The number of likely N-dealkylation sites (N-methyl/N-ethyl adjacent to an activating group) is 1. The van der Waals surface area contributed by atoms with E-state index in [0.29, 0.717) is 36.8 Å². The Morgan fingerprint density at radius 2 is 1.55 bits per heavy atom. The lowest BCUT2D eigenvalue weighted by Crippen LogP contribution is -2.51. The zero-order chi connectivity index (χ0) is 41.8. The Labute approximate surface area is 361 Å². The Hall–Kier alpha value is -0.940. The van der Waals surface area contributed by atoms with E-state index in [1.165, 1.54) is 135 Å². The molecule has 58 heavy (non-hydrogen) atoms. The van der Waals surface area contributed by atoms with E-state index >= 15 is 0 Å². The fraction of sp³-hybridized carbons (Fsp3) is 0.889. The van der Waals surface area contributed by atoms with Gasteiger partial charge in [-0.25, -0.2) is 0 Å². The number of hydrogen-bond acceptors (Lipinski definition) is 4. The summed E-state index contributed by atoms with van der Waals surface area (Å²) in [7, 11) is 4.24. The van der Waals surface area contributed by atoms with Gasteiger partial charge in [0.25, 0.3) is 0 Å². The molecule has 0 saturated heterocycles. The Balaban J connectivity index is 1.06. The van der Waals surface area contributed by atoms with E-state index in [0.717, 1.165) is 67.4 Å². The second kappa shape index (κ2) is 26.5. The van der Waals surface area contributed by atoms with Gasteiger partial charge in [0.15, 0.2) is 0 Å². The maximum absolute atomic E-state index is 6.51. The molecule has 0 amide bonds. The van der Waals surface area contributed by atoms with Gasteiger partial charge in [-0.2, -0.15) is 0 Å². The minimum Gasteiger partial charge on any atom is -0.379 e. The fourth-order valence-electron chi connectivity index (χ4n) is 12.6. The number of allylic oxidation sites excluding steroid dienone is 3. The molecule has 4 aliphatic carbocycles. The van der Waals surface area contributed by atoms with Gasteiger partial charge < -0.3 is 19.1 Å². The van der Waals surface area contributed by atoms with Gasteiger partial charge in [0.2, 0.25) is 0 Å². The summed E-state index contributed by atoms with van der Waals surface area (Å²) in [5.74, 6) is 6.23. The molecule has 4 nitrogen and oxygen atoms in total. The minimum absolute atomic E-state index is 0.0944. The molecule has 0 heterocycles. The third-order valence-electron chi connectivity index (χ3n) is 16.1. The van der Waals surface area contributed by atoms with Crippen LogP contribution in [0.5, 0.6) is 0 Å². The van der Waals surface area contributed by atoms with Gasteiger partial charge in [0, 0.05) is 13.2 Å². The standard InChI is InChI=1S/C54H97NO3/c1-10-11-19-26-44(4)27-20-17-15-13-12-14-16-18-21-37-56-42-48(41-55(8)9)58-39-23-22-38-57-47-33-35-53(6)46(40-47)29-30-49-51-32-31-50(45(5)28-24-25-43(2)3)54(51,7)36-34-52(49)53/h17,20,22-23,29,43-45,47-52H,10-16,18-19,21,24-28,30-42H2,1-9H3/b20-17-,23-22-/t44?,45?,47-,48?,49?,50?,51?,52?,53-,54+/m0/s1. The Morgan fingerprint density at radius 1 is 0.776 bits per heavy atom. The summed E-state index contributed by atoms with van der Waals surface area (Å²) in [6.45, 7) is 21.2. The third kappa shape index (κ3) is 15.8. The van der Waals surface area contributed by atoms with Crippen molar-refractivity contribution in [3.63, 3.8) is 0 Å². The van der Waals surface area contributed by atoms with Crippen LogP contribution in [0.15, 0.2) is 36.0 Å². The molecule has 0 aromatic rings. The number of rotatable bonds is 30. The molecule has 4 rings (SSSR count). The quantitative estimate of drug-likeness (QED) is 0.0534. The normalized spacial score (nSPS) is 30.2. The van der Waals surface area contributed by atoms with Gasteiger partial charge >= 0.3 is 0 Å². The van der Waals surface area contributed by atoms with Crippen molar-refractivity contribution in [2.45, 2.75) is 208 Å². The molecular formula is C54H97NO3. The number of unbranched alkanes of at least 4 members (excludes halogenated alkanes) is 8. The lowest BCUT2D eigenvalue weighted by molar-refractivity contribution is -0.0621. The highest BCUT2D eigenvalue weighted by Crippen LogP contribution is 2.67. The van der Waals surface area contributed by atoms with Crippen LogP contribution in [-0.2, 0) is 14.2 Å².